The van der Waals surface area contributed by atoms with Crippen LogP contribution in [0.4, 0.5) is 5.69 Å². The quantitative estimate of drug-likeness (QED) is 0.630. The van der Waals surface area contributed by atoms with Gasteiger partial charge in [0, 0.05) is 25.1 Å². The molecule has 0 aromatic heterocycles. The molecular formula is C22H26N2O7S. The molecular weight excluding hydrogens is 436 g/mol. The molecule has 10 heteroatoms. The zero-order valence-corrected chi connectivity index (χ0v) is 19.0. The Morgan fingerprint density at radius 2 is 1.62 bits per heavy atom. The molecule has 9 nitrogen and oxygen atoms in total. The Morgan fingerprint density at radius 1 is 0.969 bits per heavy atom. The maximum atomic E-state index is 13.1. The fraction of sp³-hybridized carbons (Fsp3) is 0.364. The first kappa shape index (κ1) is 23.6. The third-order valence-corrected chi connectivity index (χ3v) is 7.30. The standard InChI is InChI=1S/C22H26N2O7S/c1-29-19-9-8-16(14-20(19)30-2)32(27,28)24-12-10-15(11-13-24)21(25)23-18-7-5-4-6-17(18)22(26)31-3/h4-9,14-15H,10-13H2,1-3H3,(H,23,25). The van der Waals surface area contributed by atoms with Gasteiger partial charge >= 0.3 is 5.97 Å². The van der Waals surface area contributed by atoms with Crippen LogP contribution in [0.25, 0.3) is 0 Å². The molecule has 1 N–H and O–H groups in total. The summed E-state index contributed by atoms with van der Waals surface area (Å²) in [6, 6.07) is 11.0. The number of nitrogens with one attached hydrogen (secondary N) is 1. The molecule has 172 valence electrons. The number of nitrogens with zero attached hydrogens (tertiary/aromatic N) is 1. The summed E-state index contributed by atoms with van der Waals surface area (Å²) in [6.45, 7) is 0.404. The number of anilines is 1. The van der Waals surface area contributed by atoms with Gasteiger partial charge in [-0.1, -0.05) is 12.1 Å². The van der Waals surface area contributed by atoms with E-state index >= 15 is 0 Å². The highest BCUT2D eigenvalue weighted by molar-refractivity contribution is 7.89. The number of sulfonamides is 1. The van der Waals surface area contributed by atoms with Crippen LogP contribution < -0.4 is 14.8 Å². The Hall–Kier alpha value is -3.11. The van der Waals surface area contributed by atoms with Crippen LogP contribution in [0.15, 0.2) is 47.4 Å². The van der Waals surface area contributed by atoms with Crippen LogP contribution in [0, 0.1) is 5.92 Å². The highest BCUT2D eigenvalue weighted by atomic mass is 32.2. The van der Waals surface area contributed by atoms with E-state index in [9.17, 15) is 18.0 Å². The molecule has 1 aliphatic rings. The van der Waals surface area contributed by atoms with Crippen molar-refractivity contribution in [3.05, 3.63) is 48.0 Å². The van der Waals surface area contributed by atoms with Gasteiger partial charge in [-0.15, -0.1) is 0 Å². The van der Waals surface area contributed by atoms with Gasteiger partial charge in [0.1, 0.15) is 0 Å². The molecule has 0 spiro atoms. The number of hydrogen-bond acceptors (Lipinski definition) is 7. The lowest BCUT2D eigenvalue weighted by molar-refractivity contribution is -0.120. The van der Waals surface area contributed by atoms with E-state index in [2.05, 4.69) is 5.32 Å². The van der Waals surface area contributed by atoms with E-state index in [0.29, 0.717) is 30.0 Å². The fourth-order valence-corrected chi connectivity index (χ4v) is 5.08. The van der Waals surface area contributed by atoms with E-state index in [1.807, 2.05) is 0 Å². The van der Waals surface area contributed by atoms with E-state index in [0.717, 1.165) is 0 Å². The Kier molecular flexibility index (Phi) is 7.37. The van der Waals surface area contributed by atoms with Gasteiger partial charge in [-0.3, -0.25) is 4.79 Å². The normalized spacial score (nSPS) is 15.1. The first-order valence-electron chi connectivity index (χ1n) is 10.0. The molecule has 0 saturated carbocycles. The zero-order valence-electron chi connectivity index (χ0n) is 18.2. The minimum absolute atomic E-state index is 0.102. The monoisotopic (exact) mass is 462 g/mol. The van der Waals surface area contributed by atoms with E-state index in [4.69, 9.17) is 14.2 Å². The molecule has 2 aromatic carbocycles. The topological polar surface area (TPSA) is 111 Å². The molecule has 0 radical (unpaired) electrons. The predicted octanol–water partition coefficient (Wildman–Crippen LogP) is 2.53. The second kappa shape index (κ2) is 10.0. The largest absolute Gasteiger partial charge is 0.493 e. The average Bonchev–Trinajstić information content (AvgIpc) is 2.83. The first-order chi connectivity index (χ1) is 15.3. The molecule has 0 atom stereocenters. The van der Waals surface area contributed by atoms with Gasteiger partial charge in [-0.05, 0) is 37.1 Å². The van der Waals surface area contributed by atoms with Gasteiger partial charge in [-0.2, -0.15) is 4.31 Å². The number of esters is 1. The lowest BCUT2D eigenvalue weighted by Crippen LogP contribution is -2.41. The highest BCUT2D eigenvalue weighted by Gasteiger charge is 2.33. The molecule has 1 heterocycles. The minimum atomic E-state index is -3.74. The summed E-state index contributed by atoms with van der Waals surface area (Å²) in [7, 11) is 0.448. The molecule has 1 saturated heterocycles. The summed E-state index contributed by atoms with van der Waals surface area (Å²) in [4.78, 5) is 24.8. The van der Waals surface area contributed by atoms with Gasteiger partial charge in [0.15, 0.2) is 11.5 Å². The van der Waals surface area contributed by atoms with Crippen LogP contribution in [0.2, 0.25) is 0 Å². The van der Waals surface area contributed by atoms with E-state index in [1.54, 1.807) is 30.3 Å². The molecule has 1 aliphatic heterocycles. The zero-order chi connectivity index (χ0) is 23.3. The average molecular weight is 463 g/mol. The number of ether oxygens (including phenoxy) is 3. The summed E-state index contributed by atoms with van der Waals surface area (Å²) in [5.74, 6) is -0.417. The number of carbonyl (C=O) groups excluding carboxylic acids is 2. The van der Waals surface area contributed by atoms with Crippen LogP contribution in [-0.2, 0) is 19.6 Å². The van der Waals surface area contributed by atoms with Crippen LogP contribution in [0.5, 0.6) is 11.5 Å². The highest BCUT2D eigenvalue weighted by Crippen LogP contribution is 2.32. The van der Waals surface area contributed by atoms with Crippen molar-refractivity contribution in [2.24, 2.45) is 5.92 Å². The van der Waals surface area contributed by atoms with E-state index in [-0.39, 0.29) is 35.4 Å². The lowest BCUT2D eigenvalue weighted by atomic mass is 9.97. The van der Waals surface area contributed by atoms with Crippen molar-refractivity contribution in [2.75, 3.05) is 39.7 Å². The number of para-hydroxylation sites is 1. The maximum Gasteiger partial charge on any atom is 0.339 e. The third-order valence-electron chi connectivity index (χ3n) is 5.41. The van der Waals surface area contributed by atoms with Crippen molar-refractivity contribution in [3.8, 4) is 11.5 Å². The molecule has 32 heavy (non-hydrogen) atoms. The number of benzene rings is 2. The van der Waals surface area contributed by atoms with Crippen molar-refractivity contribution in [2.45, 2.75) is 17.7 Å². The Bertz CT molecular complexity index is 1090. The van der Waals surface area contributed by atoms with Crippen LogP contribution >= 0.6 is 0 Å². The van der Waals surface area contributed by atoms with Crippen molar-refractivity contribution < 1.29 is 32.2 Å². The SMILES string of the molecule is COC(=O)c1ccccc1NC(=O)C1CCN(S(=O)(=O)c2ccc(OC)c(OC)c2)CC1. The van der Waals surface area contributed by atoms with Gasteiger partial charge in [0.25, 0.3) is 0 Å². The molecule has 1 fully saturated rings. The summed E-state index contributed by atoms with van der Waals surface area (Å²) in [5.41, 5.74) is 0.626. The van der Waals surface area contributed by atoms with Crippen molar-refractivity contribution in [1.82, 2.24) is 4.31 Å². The molecule has 2 aromatic rings. The van der Waals surface area contributed by atoms with Crippen LogP contribution in [-0.4, -0.2) is 59.0 Å². The molecule has 3 rings (SSSR count). The van der Waals surface area contributed by atoms with E-state index in [1.165, 1.54) is 37.8 Å². The Balaban J connectivity index is 1.67. The molecule has 0 unspecified atom stereocenters. The van der Waals surface area contributed by atoms with Gasteiger partial charge in [-0.25, -0.2) is 13.2 Å². The number of piperidine rings is 1. The van der Waals surface area contributed by atoms with Crippen molar-refractivity contribution in [3.63, 3.8) is 0 Å². The fourth-order valence-electron chi connectivity index (χ4n) is 3.60. The van der Waals surface area contributed by atoms with Gasteiger partial charge in [0.2, 0.25) is 15.9 Å². The molecule has 0 bridgehead atoms. The summed E-state index contributed by atoms with van der Waals surface area (Å²) in [6.07, 6.45) is 0.720. The van der Waals surface area contributed by atoms with Crippen LogP contribution in [0.3, 0.4) is 0 Å². The second-order valence-corrected chi connectivity index (χ2v) is 9.16. The van der Waals surface area contributed by atoms with Crippen molar-refractivity contribution in [1.29, 1.82) is 0 Å². The third kappa shape index (κ3) is 4.86. The summed E-state index contributed by atoms with van der Waals surface area (Å²) >= 11 is 0. The minimum Gasteiger partial charge on any atom is -0.493 e. The van der Waals surface area contributed by atoms with Gasteiger partial charge in [0.05, 0.1) is 37.5 Å². The van der Waals surface area contributed by atoms with Crippen LogP contribution in [0.1, 0.15) is 23.2 Å². The number of methoxy groups -OCH3 is 3. The van der Waals surface area contributed by atoms with E-state index < -0.39 is 16.0 Å². The molecule has 1 amide bonds. The first-order valence-corrected chi connectivity index (χ1v) is 11.5. The Morgan fingerprint density at radius 3 is 2.25 bits per heavy atom. The summed E-state index contributed by atoms with van der Waals surface area (Å²) < 4.78 is 42.6. The smallest absolute Gasteiger partial charge is 0.339 e. The number of carbonyl (C=O) groups is 2. The lowest BCUT2D eigenvalue weighted by Gasteiger charge is -2.30. The molecule has 0 aliphatic carbocycles. The Labute approximate surface area is 187 Å². The van der Waals surface area contributed by atoms with Gasteiger partial charge < -0.3 is 19.5 Å². The number of hydrogen-bond donors (Lipinski definition) is 1. The maximum absolute atomic E-state index is 13.1. The van der Waals surface area contributed by atoms with Crippen molar-refractivity contribution >= 4 is 27.6 Å². The second-order valence-electron chi connectivity index (χ2n) is 7.22. The number of rotatable bonds is 7. The summed E-state index contributed by atoms with van der Waals surface area (Å²) in [5, 5.41) is 2.77. The number of amides is 1. The predicted molar refractivity (Wildman–Crippen MR) is 117 cm³/mol.